The standard InChI is InChI=1S/C16H23N3O3/c1-4-17-16(21)19-9-14(15(10-19)18-11(2)20)12-5-7-13(22-3)8-6-12/h5-8,14-15H,4,9-10H2,1-3H3,(H,17,21)(H,18,20)/t14-,15+/m0/s1. The molecule has 1 heterocycles. The number of hydrogen-bond donors (Lipinski definition) is 2. The van der Waals surface area contributed by atoms with Gasteiger partial charge in [-0.25, -0.2) is 4.79 Å². The van der Waals surface area contributed by atoms with E-state index in [1.54, 1.807) is 12.0 Å². The van der Waals surface area contributed by atoms with Gasteiger partial charge in [-0.1, -0.05) is 12.1 Å². The molecule has 2 N–H and O–H groups in total. The predicted molar refractivity (Wildman–Crippen MR) is 84.0 cm³/mol. The van der Waals surface area contributed by atoms with Gasteiger partial charge in [-0.3, -0.25) is 4.79 Å². The van der Waals surface area contributed by atoms with Crippen molar-refractivity contribution in [2.24, 2.45) is 0 Å². The summed E-state index contributed by atoms with van der Waals surface area (Å²) in [7, 11) is 1.63. The summed E-state index contributed by atoms with van der Waals surface area (Å²) in [6, 6.07) is 7.60. The molecule has 0 aliphatic carbocycles. The summed E-state index contributed by atoms with van der Waals surface area (Å²) >= 11 is 0. The van der Waals surface area contributed by atoms with Crippen molar-refractivity contribution < 1.29 is 14.3 Å². The molecule has 1 aliphatic heterocycles. The molecular formula is C16H23N3O3. The molecule has 1 aromatic rings. The van der Waals surface area contributed by atoms with Gasteiger partial charge in [0, 0.05) is 32.5 Å². The van der Waals surface area contributed by atoms with Gasteiger partial charge in [-0.05, 0) is 24.6 Å². The van der Waals surface area contributed by atoms with Crippen LogP contribution in [0.1, 0.15) is 25.3 Å². The zero-order chi connectivity index (χ0) is 16.1. The maximum absolute atomic E-state index is 12.0. The van der Waals surface area contributed by atoms with Crippen molar-refractivity contribution in [3.05, 3.63) is 29.8 Å². The zero-order valence-corrected chi connectivity index (χ0v) is 13.3. The van der Waals surface area contributed by atoms with Gasteiger partial charge >= 0.3 is 6.03 Å². The van der Waals surface area contributed by atoms with Crippen LogP contribution in [0.25, 0.3) is 0 Å². The number of carbonyl (C=O) groups is 2. The minimum Gasteiger partial charge on any atom is -0.497 e. The molecule has 0 unspecified atom stereocenters. The van der Waals surface area contributed by atoms with Gasteiger partial charge in [-0.15, -0.1) is 0 Å². The van der Waals surface area contributed by atoms with E-state index in [4.69, 9.17) is 4.74 Å². The third-order valence-corrected chi connectivity index (χ3v) is 3.87. The summed E-state index contributed by atoms with van der Waals surface area (Å²) in [5.74, 6) is 0.789. The van der Waals surface area contributed by atoms with E-state index in [1.165, 1.54) is 6.92 Å². The summed E-state index contributed by atoms with van der Waals surface area (Å²) in [5, 5.41) is 5.76. The first-order valence-electron chi connectivity index (χ1n) is 7.49. The van der Waals surface area contributed by atoms with Crippen molar-refractivity contribution in [1.82, 2.24) is 15.5 Å². The average molecular weight is 305 g/mol. The quantitative estimate of drug-likeness (QED) is 0.881. The van der Waals surface area contributed by atoms with Crippen LogP contribution >= 0.6 is 0 Å². The lowest BCUT2D eigenvalue weighted by atomic mass is 9.94. The summed E-state index contributed by atoms with van der Waals surface area (Å²) in [4.78, 5) is 25.2. The summed E-state index contributed by atoms with van der Waals surface area (Å²) in [6.45, 7) is 5.08. The molecule has 0 saturated carbocycles. The Morgan fingerprint density at radius 3 is 2.50 bits per heavy atom. The fourth-order valence-electron chi connectivity index (χ4n) is 2.83. The van der Waals surface area contributed by atoms with Crippen molar-refractivity contribution in [3.8, 4) is 5.75 Å². The molecule has 6 nitrogen and oxygen atoms in total. The van der Waals surface area contributed by atoms with Gasteiger partial charge in [0.1, 0.15) is 5.75 Å². The van der Waals surface area contributed by atoms with E-state index in [0.717, 1.165) is 11.3 Å². The second kappa shape index (κ2) is 7.15. The van der Waals surface area contributed by atoms with Crippen molar-refractivity contribution in [2.45, 2.75) is 25.8 Å². The number of amides is 3. The van der Waals surface area contributed by atoms with E-state index in [1.807, 2.05) is 31.2 Å². The minimum atomic E-state index is -0.0890. The molecule has 2 rings (SSSR count). The fourth-order valence-corrected chi connectivity index (χ4v) is 2.83. The largest absolute Gasteiger partial charge is 0.497 e. The summed E-state index contributed by atoms with van der Waals surface area (Å²) in [6.07, 6.45) is 0. The van der Waals surface area contributed by atoms with Crippen LogP contribution in [0.2, 0.25) is 0 Å². The molecule has 2 atom stereocenters. The van der Waals surface area contributed by atoms with Crippen LogP contribution in [0.4, 0.5) is 4.79 Å². The second-order valence-electron chi connectivity index (χ2n) is 5.43. The molecule has 0 aromatic heterocycles. The highest BCUT2D eigenvalue weighted by molar-refractivity contribution is 5.76. The van der Waals surface area contributed by atoms with Crippen molar-refractivity contribution in [1.29, 1.82) is 0 Å². The number of nitrogens with zero attached hydrogens (tertiary/aromatic N) is 1. The third kappa shape index (κ3) is 3.69. The van der Waals surface area contributed by atoms with Gasteiger partial charge < -0.3 is 20.3 Å². The molecule has 120 valence electrons. The van der Waals surface area contributed by atoms with Gasteiger partial charge in [0.15, 0.2) is 0 Å². The van der Waals surface area contributed by atoms with E-state index in [9.17, 15) is 9.59 Å². The van der Waals surface area contributed by atoms with E-state index in [0.29, 0.717) is 19.6 Å². The van der Waals surface area contributed by atoms with Crippen molar-refractivity contribution in [3.63, 3.8) is 0 Å². The van der Waals surface area contributed by atoms with E-state index in [2.05, 4.69) is 10.6 Å². The Bertz CT molecular complexity index is 530. The van der Waals surface area contributed by atoms with Crippen molar-refractivity contribution in [2.75, 3.05) is 26.7 Å². The Morgan fingerprint density at radius 1 is 1.27 bits per heavy atom. The van der Waals surface area contributed by atoms with Crippen LogP contribution in [-0.2, 0) is 4.79 Å². The van der Waals surface area contributed by atoms with Gasteiger partial charge in [0.05, 0.1) is 13.2 Å². The van der Waals surface area contributed by atoms with Crippen LogP contribution in [0.15, 0.2) is 24.3 Å². The molecular weight excluding hydrogens is 282 g/mol. The van der Waals surface area contributed by atoms with Crippen LogP contribution < -0.4 is 15.4 Å². The number of methoxy groups -OCH3 is 1. The fraction of sp³-hybridized carbons (Fsp3) is 0.500. The van der Waals surface area contributed by atoms with Gasteiger partial charge in [0.25, 0.3) is 0 Å². The monoisotopic (exact) mass is 305 g/mol. The maximum Gasteiger partial charge on any atom is 0.317 e. The number of ether oxygens (including phenoxy) is 1. The number of carbonyl (C=O) groups excluding carboxylic acids is 2. The molecule has 3 amide bonds. The van der Waals surface area contributed by atoms with E-state index >= 15 is 0 Å². The number of rotatable bonds is 4. The highest BCUT2D eigenvalue weighted by atomic mass is 16.5. The van der Waals surface area contributed by atoms with Crippen LogP contribution in [0, 0.1) is 0 Å². The van der Waals surface area contributed by atoms with E-state index in [-0.39, 0.29) is 23.9 Å². The van der Waals surface area contributed by atoms with Crippen LogP contribution in [-0.4, -0.2) is 49.6 Å². The highest BCUT2D eigenvalue weighted by Gasteiger charge is 2.36. The Morgan fingerprint density at radius 2 is 1.95 bits per heavy atom. The second-order valence-corrected chi connectivity index (χ2v) is 5.43. The lowest BCUT2D eigenvalue weighted by Gasteiger charge is -2.19. The first-order valence-corrected chi connectivity index (χ1v) is 7.49. The molecule has 0 bridgehead atoms. The Hall–Kier alpha value is -2.24. The zero-order valence-electron chi connectivity index (χ0n) is 13.3. The normalized spacial score (nSPS) is 20.6. The van der Waals surface area contributed by atoms with Gasteiger partial charge in [0.2, 0.25) is 5.91 Å². The number of benzene rings is 1. The predicted octanol–water partition coefficient (Wildman–Crippen LogP) is 1.33. The van der Waals surface area contributed by atoms with E-state index < -0.39 is 0 Å². The van der Waals surface area contributed by atoms with Gasteiger partial charge in [-0.2, -0.15) is 0 Å². The molecule has 6 heteroatoms. The minimum absolute atomic E-state index is 0.0755. The molecule has 22 heavy (non-hydrogen) atoms. The Kier molecular flexibility index (Phi) is 5.25. The third-order valence-electron chi connectivity index (χ3n) is 3.87. The number of nitrogens with one attached hydrogen (secondary N) is 2. The Balaban J connectivity index is 2.17. The lowest BCUT2D eigenvalue weighted by molar-refractivity contribution is -0.119. The molecule has 1 fully saturated rings. The first kappa shape index (κ1) is 16.1. The SMILES string of the molecule is CCNC(=O)N1C[C@@H](NC(C)=O)[C@H](c2ccc(OC)cc2)C1. The average Bonchev–Trinajstić information content (AvgIpc) is 2.91. The number of hydrogen-bond acceptors (Lipinski definition) is 3. The summed E-state index contributed by atoms with van der Waals surface area (Å²) in [5.41, 5.74) is 1.09. The molecule has 1 saturated heterocycles. The van der Waals surface area contributed by atoms with Crippen LogP contribution in [0.3, 0.4) is 0 Å². The topological polar surface area (TPSA) is 70.7 Å². The van der Waals surface area contributed by atoms with Crippen molar-refractivity contribution >= 4 is 11.9 Å². The lowest BCUT2D eigenvalue weighted by Crippen LogP contribution is -2.42. The maximum atomic E-state index is 12.0. The Labute approximate surface area is 130 Å². The van der Waals surface area contributed by atoms with Crippen LogP contribution in [0.5, 0.6) is 5.75 Å². The summed E-state index contributed by atoms with van der Waals surface area (Å²) < 4.78 is 5.17. The smallest absolute Gasteiger partial charge is 0.317 e. The molecule has 1 aliphatic rings. The number of urea groups is 1. The molecule has 1 aromatic carbocycles. The number of likely N-dealkylation sites (tertiary alicyclic amines) is 1. The highest BCUT2D eigenvalue weighted by Crippen LogP contribution is 2.29. The molecule has 0 radical (unpaired) electrons. The first-order chi connectivity index (χ1) is 10.5. The molecule has 0 spiro atoms.